The van der Waals surface area contributed by atoms with Crippen LogP contribution in [-0.4, -0.2) is 65.9 Å². The smallest absolute Gasteiger partial charge is 0.243 e. The van der Waals surface area contributed by atoms with E-state index in [4.69, 9.17) is 11.5 Å². The Morgan fingerprint density at radius 2 is 1.65 bits per heavy atom. The first kappa shape index (κ1) is 26.4. The molecule has 0 saturated carbocycles. The van der Waals surface area contributed by atoms with E-state index in [0.29, 0.717) is 12.0 Å². The zero-order chi connectivity index (χ0) is 25.3. The van der Waals surface area contributed by atoms with Crippen LogP contribution in [0.4, 0.5) is 0 Å². The van der Waals surface area contributed by atoms with Gasteiger partial charge in [0.2, 0.25) is 23.6 Å². The van der Waals surface area contributed by atoms with Crippen molar-refractivity contribution in [2.24, 2.45) is 22.4 Å². The molecule has 1 fully saturated rings. The zero-order valence-electron chi connectivity index (χ0n) is 19.3. The summed E-state index contributed by atoms with van der Waals surface area (Å²) in [7, 11) is 0. The summed E-state index contributed by atoms with van der Waals surface area (Å²) in [6.07, 6.45) is 0.719. The van der Waals surface area contributed by atoms with Crippen molar-refractivity contribution in [3.8, 4) is 5.75 Å². The SMILES string of the molecule is CC(C)[C@@H]1NC(=O)[C@H](Cc2ccc(O)cc2)NC(=O)[C@H](CCCN=C(N)N)NC(=O)CNC1=O. The van der Waals surface area contributed by atoms with Gasteiger partial charge in [-0.3, -0.25) is 24.2 Å². The molecule has 2 rings (SSSR count). The molecular formula is C22H33N7O5. The Morgan fingerprint density at radius 3 is 2.26 bits per heavy atom. The number of carbonyl (C=O) groups is 4. The first-order valence-electron chi connectivity index (χ1n) is 11.1. The van der Waals surface area contributed by atoms with Crippen LogP contribution in [-0.2, 0) is 25.6 Å². The normalized spacial score (nSPS) is 21.9. The highest BCUT2D eigenvalue weighted by atomic mass is 16.3. The Kier molecular flexibility index (Phi) is 9.65. The van der Waals surface area contributed by atoms with Gasteiger partial charge in [0.15, 0.2) is 5.96 Å². The molecule has 1 aliphatic rings. The molecule has 3 atom stereocenters. The molecule has 12 heteroatoms. The van der Waals surface area contributed by atoms with Crippen LogP contribution in [0.15, 0.2) is 29.3 Å². The number of amides is 4. The number of guanidine groups is 1. The van der Waals surface area contributed by atoms with Gasteiger partial charge in [-0.1, -0.05) is 26.0 Å². The maximum atomic E-state index is 13.1. The van der Waals surface area contributed by atoms with Crippen molar-refractivity contribution in [3.63, 3.8) is 0 Å². The summed E-state index contributed by atoms with van der Waals surface area (Å²) in [6, 6.07) is 3.33. The maximum Gasteiger partial charge on any atom is 0.243 e. The molecule has 1 aliphatic heterocycles. The van der Waals surface area contributed by atoms with E-state index in [1.54, 1.807) is 26.0 Å². The molecule has 4 amide bonds. The number of hydrogen-bond acceptors (Lipinski definition) is 6. The van der Waals surface area contributed by atoms with Crippen molar-refractivity contribution < 1.29 is 24.3 Å². The van der Waals surface area contributed by atoms with Gasteiger partial charge >= 0.3 is 0 Å². The summed E-state index contributed by atoms with van der Waals surface area (Å²) in [4.78, 5) is 55.1. The second kappa shape index (κ2) is 12.4. The molecule has 1 heterocycles. The van der Waals surface area contributed by atoms with E-state index in [0.717, 1.165) is 0 Å². The molecule has 0 spiro atoms. The summed E-state index contributed by atoms with van der Waals surface area (Å²) >= 11 is 0. The van der Waals surface area contributed by atoms with Crippen LogP contribution in [0.25, 0.3) is 0 Å². The topological polar surface area (TPSA) is 201 Å². The fraction of sp³-hybridized carbons (Fsp3) is 0.500. The number of aliphatic imine (C=N–C) groups is 1. The van der Waals surface area contributed by atoms with Crippen molar-refractivity contribution in [3.05, 3.63) is 29.8 Å². The summed E-state index contributed by atoms with van der Waals surface area (Å²) in [5.74, 6) is -2.41. The number of phenols is 1. The molecule has 9 N–H and O–H groups in total. The Labute approximate surface area is 197 Å². The van der Waals surface area contributed by atoms with Crippen molar-refractivity contribution in [2.75, 3.05) is 13.1 Å². The number of nitrogens with one attached hydrogen (secondary N) is 4. The van der Waals surface area contributed by atoms with Crippen LogP contribution >= 0.6 is 0 Å². The molecule has 1 saturated heterocycles. The number of carbonyl (C=O) groups excluding carboxylic acids is 4. The fourth-order valence-electron chi connectivity index (χ4n) is 3.43. The van der Waals surface area contributed by atoms with E-state index in [9.17, 15) is 24.3 Å². The monoisotopic (exact) mass is 475 g/mol. The minimum atomic E-state index is -1.03. The molecule has 0 aromatic heterocycles. The molecule has 34 heavy (non-hydrogen) atoms. The third-order valence-electron chi connectivity index (χ3n) is 5.28. The Balaban J connectivity index is 2.29. The van der Waals surface area contributed by atoms with Crippen LogP contribution < -0.4 is 32.7 Å². The van der Waals surface area contributed by atoms with E-state index in [1.165, 1.54) is 12.1 Å². The third kappa shape index (κ3) is 8.26. The Bertz CT molecular complexity index is 913. The summed E-state index contributed by atoms with van der Waals surface area (Å²) < 4.78 is 0. The standard InChI is InChI=1S/C22H33N7O5/c1-12(2)18-21(34)26-11-17(31)27-15(4-3-9-25-22(23)24)19(32)28-16(20(33)29-18)10-13-5-7-14(30)8-6-13/h5-8,12,15-16,18,30H,3-4,9-11H2,1-2H3,(H,26,34)(H,27,31)(H,28,32)(H,29,33)(H4,23,24,25)/t15-,16-,18-/m0/s1. The number of nitrogens with zero attached hydrogens (tertiary/aromatic N) is 1. The minimum absolute atomic E-state index is 0.0658. The predicted octanol–water partition coefficient (Wildman–Crippen LogP) is -1.77. The molecule has 0 bridgehead atoms. The lowest BCUT2D eigenvalue weighted by molar-refractivity contribution is -0.136. The van der Waals surface area contributed by atoms with E-state index in [-0.39, 0.29) is 43.6 Å². The van der Waals surface area contributed by atoms with E-state index < -0.39 is 41.8 Å². The van der Waals surface area contributed by atoms with Gasteiger partial charge in [-0.2, -0.15) is 0 Å². The van der Waals surface area contributed by atoms with Crippen LogP contribution in [0, 0.1) is 5.92 Å². The molecule has 0 aliphatic carbocycles. The van der Waals surface area contributed by atoms with Gasteiger partial charge in [-0.25, -0.2) is 0 Å². The number of rotatable bonds is 7. The molecular weight excluding hydrogens is 442 g/mol. The fourth-order valence-corrected chi connectivity index (χ4v) is 3.43. The summed E-state index contributed by atoms with van der Waals surface area (Å²) in [5.41, 5.74) is 11.3. The van der Waals surface area contributed by atoms with Crippen molar-refractivity contribution in [2.45, 2.75) is 51.2 Å². The highest BCUT2D eigenvalue weighted by molar-refractivity contribution is 5.96. The van der Waals surface area contributed by atoms with Crippen LogP contribution in [0.5, 0.6) is 5.75 Å². The molecule has 12 nitrogen and oxygen atoms in total. The van der Waals surface area contributed by atoms with Crippen molar-refractivity contribution in [1.82, 2.24) is 21.3 Å². The lowest BCUT2D eigenvalue weighted by atomic mass is 10.00. The average molecular weight is 476 g/mol. The highest BCUT2D eigenvalue weighted by Crippen LogP contribution is 2.13. The second-order valence-electron chi connectivity index (χ2n) is 8.45. The molecule has 186 valence electrons. The van der Waals surface area contributed by atoms with Gasteiger partial charge in [0, 0.05) is 13.0 Å². The first-order chi connectivity index (χ1) is 16.1. The lowest BCUT2D eigenvalue weighted by Gasteiger charge is -2.28. The van der Waals surface area contributed by atoms with E-state index >= 15 is 0 Å². The third-order valence-corrected chi connectivity index (χ3v) is 5.28. The van der Waals surface area contributed by atoms with Crippen molar-refractivity contribution >= 4 is 29.6 Å². The largest absolute Gasteiger partial charge is 0.508 e. The first-order valence-corrected chi connectivity index (χ1v) is 11.1. The molecule has 1 aromatic rings. The Hall–Kier alpha value is -3.83. The van der Waals surface area contributed by atoms with Gasteiger partial charge in [-0.05, 0) is 36.5 Å². The average Bonchev–Trinajstić information content (AvgIpc) is 2.77. The highest BCUT2D eigenvalue weighted by Gasteiger charge is 2.32. The van der Waals surface area contributed by atoms with Crippen molar-refractivity contribution in [1.29, 1.82) is 0 Å². The van der Waals surface area contributed by atoms with Gasteiger partial charge in [0.05, 0.1) is 6.54 Å². The van der Waals surface area contributed by atoms with Crippen LogP contribution in [0.1, 0.15) is 32.3 Å². The maximum absolute atomic E-state index is 13.1. The Morgan fingerprint density at radius 1 is 1.00 bits per heavy atom. The number of phenolic OH excluding ortho intramolecular Hbond substituents is 1. The minimum Gasteiger partial charge on any atom is -0.508 e. The van der Waals surface area contributed by atoms with Gasteiger partial charge in [0.25, 0.3) is 0 Å². The molecule has 0 unspecified atom stereocenters. The second-order valence-corrected chi connectivity index (χ2v) is 8.45. The van der Waals surface area contributed by atoms with E-state index in [2.05, 4.69) is 26.3 Å². The number of nitrogens with two attached hydrogens (primary N) is 2. The summed E-state index contributed by atoms with van der Waals surface area (Å²) in [5, 5.41) is 20.0. The number of benzene rings is 1. The van der Waals surface area contributed by atoms with E-state index in [1.807, 2.05) is 0 Å². The number of aromatic hydroxyl groups is 1. The molecule has 0 radical (unpaired) electrons. The van der Waals surface area contributed by atoms with Gasteiger partial charge in [-0.15, -0.1) is 0 Å². The number of hydrogen-bond donors (Lipinski definition) is 7. The zero-order valence-corrected chi connectivity index (χ0v) is 19.3. The van der Waals surface area contributed by atoms with Crippen LogP contribution in [0.3, 0.4) is 0 Å². The quantitative estimate of drug-likeness (QED) is 0.137. The van der Waals surface area contributed by atoms with Gasteiger partial charge in [0.1, 0.15) is 23.9 Å². The van der Waals surface area contributed by atoms with Gasteiger partial charge < -0.3 is 37.8 Å². The summed E-state index contributed by atoms with van der Waals surface area (Å²) in [6.45, 7) is 3.44. The lowest BCUT2D eigenvalue weighted by Crippen LogP contribution is -2.60. The predicted molar refractivity (Wildman–Crippen MR) is 125 cm³/mol. The van der Waals surface area contributed by atoms with Crippen LogP contribution in [0.2, 0.25) is 0 Å². The molecule has 1 aromatic carbocycles.